The fraction of sp³-hybridized carbons (Fsp3) is 0.611. The van der Waals surface area contributed by atoms with Crippen LogP contribution < -0.4 is 5.73 Å². The van der Waals surface area contributed by atoms with E-state index >= 15 is 0 Å². The molecule has 1 amide bonds. The zero-order chi connectivity index (χ0) is 13.4. The SMILES string of the molecule is NC(=O)C12CC3C4(CC4)C4CC(c5ccccc5)(C1)C342. The molecule has 2 N–H and O–H groups in total. The number of fused-ring (bicyclic) bond motifs is 2. The third kappa shape index (κ3) is 0.616. The van der Waals surface area contributed by atoms with E-state index in [1.54, 1.807) is 0 Å². The molecule has 5 saturated carbocycles. The van der Waals surface area contributed by atoms with Crippen molar-refractivity contribution in [3.8, 4) is 0 Å². The van der Waals surface area contributed by atoms with Crippen molar-refractivity contribution in [1.82, 2.24) is 0 Å². The van der Waals surface area contributed by atoms with Crippen LogP contribution in [0.3, 0.4) is 0 Å². The normalized spacial score (nSPS) is 54.4. The smallest absolute Gasteiger partial charge is 0.224 e. The predicted octanol–water partition coefficient (Wildman–Crippen LogP) is 2.62. The molecule has 102 valence electrons. The van der Waals surface area contributed by atoms with E-state index in [4.69, 9.17) is 5.73 Å². The van der Waals surface area contributed by atoms with Gasteiger partial charge < -0.3 is 5.73 Å². The molecule has 2 nitrogen and oxygen atoms in total. The highest BCUT2D eigenvalue weighted by Crippen LogP contribution is 3.04. The van der Waals surface area contributed by atoms with Crippen LogP contribution in [0.5, 0.6) is 0 Å². The number of nitrogens with two attached hydrogens (primary N) is 1. The maximum Gasteiger partial charge on any atom is 0.224 e. The Labute approximate surface area is 118 Å². The predicted molar refractivity (Wildman–Crippen MR) is 74.7 cm³/mol. The second-order valence-electron chi connectivity index (χ2n) is 8.19. The number of carbonyl (C=O) groups excluding carboxylic acids is 1. The highest BCUT2D eigenvalue weighted by molar-refractivity contribution is 5.89. The first kappa shape index (κ1) is 10.4. The van der Waals surface area contributed by atoms with Gasteiger partial charge in [0.2, 0.25) is 5.91 Å². The van der Waals surface area contributed by atoms with Crippen LogP contribution in [0.4, 0.5) is 0 Å². The lowest BCUT2D eigenvalue weighted by Gasteiger charge is -2.97. The number of hydrogen-bond acceptors (Lipinski definition) is 1. The van der Waals surface area contributed by atoms with E-state index in [9.17, 15) is 4.79 Å². The van der Waals surface area contributed by atoms with E-state index < -0.39 is 0 Å². The van der Waals surface area contributed by atoms with Crippen molar-refractivity contribution in [3.63, 3.8) is 0 Å². The van der Waals surface area contributed by atoms with Gasteiger partial charge in [0.05, 0.1) is 5.41 Å². The first-order valence-electron chi connectivity index (χ1n) is 8.00. The van der Waals surface area contributed by atoms with Crippen LogP contribution in [-0.4, -0.2) is 5.91 Å². The Kier molecular flexibility index (Phi) is 1.29. The summed E-state index contributed by atoms with van der Waals surface area (Å²) < 4.78 is 0. The summed E-state index contributed by atoms with van der Waals surface area (Å²) in [7, 11) is 0. The lowest BCUT2D eigenvalue weighted by Crippen LogP contribution is -2.97. The van der Waals surface area contributed by atoms with E-state index in [0.29, 0.717) is 16.2 Å². The van der Waals surface area contributed by atoms with Crippen LogP contribution >= 0.6 is 0 Å². The summed E-state index contributed by atoms with van der Waals surface area (Å²) in [4.78, 5) is 12.1. The molecule has 20 heavy (non-hydrogen) atoms. The number of hydrogen-bond donors (Lipinski definition) is 1. The van der Waals surface area contributed by atoms with Gasteiger partial charge in [-0.05, 0) is 54.9 Å². The van der Waals surface area contributed by atoms with Gasteiger partial charge in [0.1, 0.15) is 0 Å². The van der Waals surface area contributed by atoms with E-state index in [1.165, 1.54) is 24.8 Å². The van der Waals surface area contributed by atoms with Crippen LogP contribution in [0.1, 0.15) is 37.7 Å². The molecule has 0 saturated heterocycles. The Morgan fingerprint density at radius 3 is 2.40 bits per heavy atom. The van der Waals surface area contributed by atoms with Crippen molar-refractivity contribution >= 4 is 5.91 Å². The van der Waals surface area contributed by atoms with Crippen LogP contribution in [0.2, 0.25) is 0 Å². The first-order chi connectivity index (χ1) is 9.64. The lowest BCUT2D eigenvalue weighted by atomic mass is 9.05. The molecule has 0 aliphatic heterocycles. The fourth-order valence-corrected chi connectivity index (χ4v) is 7.88. The summed E-state index contributed by atoms with van der Waals surface area (Å²) in [5.74, 6) is 1.63. The molecule has 1 aromatic rings. The summed E-state index contributed by atoms with van der Waals surface area (Å²) in [5, 5.41) is 0. The Bertz CT molecular complexity index is 668. The fourth-order valence-electron chi connectivity index (χ4n) is 7.88. The van der Waals surface area contributed by atoms with Gasteiger partial charge in [-0.3, -0.25) is 4.79 Å². The molecular weight excluding hydrogens is 246 g/mol. The average molecular weight is 265 g/mol. The van der Waals surface area contributed by atoms with Crippen LogP contribution in [0, 0.1) is 28.1 Å². The molecule has 6 rings (SSSR count). The Balaban J connectivity index is 1.53. The summed E-state index contributed by atoms with van der Waals surface area (Å²) in [6.07, 6.45) is 6.30. The first-order valence-corrected chi connectivity index (χ1v) is 8.00. The van der Waals surface area contributed by atoms with Gasteiger partial charge in [0.25, 0.3) is 0 Å². The van der Waals surface area contributed by atoms with Crippen LogP contribution in [-0.2, 0) is 10.2 Å². The Morgan fingerprint density at radius 1 is 1.10 bits per heavy atom. The van der Waals surface area contributed by atoms with E-state index in [-0.39, 0.29) is 11.3 Å². The molecule has 0 aromatic heterocycles. The molecule has 2 heteroatoms. The van der Waals surface area contributed by atoms with Gasteiger partial charge >= 0.3 is 0 Å². The minimum atomic E-state index is -0.121. The van der Waals surface area contributed by atoms with Crippen LogP contribution in [0.15, 0.2) is 30.3 Å². The monoisotopic (exact) mass is 265 g/mol. The van der Waals surface area contributed by atoms with Gasteiger partial charge in [0.15, 0.2) is 0 Å². The minimum absolute atomic E-state index is 0.000469. The van der Waals surface area contributed by atoms with Crippen molar-refractivity contribution in [3.05, 3.63) is 35.9 Å². The minimum Gasteiger partial charge on any atom is -0.369 e. The summed E-state index contributed by atoms with van der Waals surface area (Å²) in [6, 6.07) is 11.0. The third-order valence-electron chi connectivity index (χ3n) is 8.41. The van der Waals surface area contributed by atoms with E-state index in [2.05, 4.69) is 30.3 Å². The summed E-state index contributed by atoms with van der Waals surface area (Å²) in [6.45, 7) is 0. The molecule has 5 unspecified atom stereocenters. The highest BCUT2D eigenvalue weighted by atomic mass is 16.1. The zero-order valence-corrected chi connectivity index (χ0v) is 11.6. The standard InChI is InChI=1S/C18H19NO/c19-14(20)17-9-13-15(6-7-15)12-8-16(10-17,18(12,13)17)11-4-2-1-3-5-11/h1-5,12-13H,6-10H2,(H2,19,20). The van der Waals surface area contributed by atoms with Crippen molar-refractivity contribution < 1.29 is 4.79 Å². The van der Waals surface area contributed by atoms with Gasteiger partial charge in [0, 0.05) is 10.8 Å². The number of primary amides is 1. The lowest BCUT2D eigenvalue weighted by molar-refractivity contribution is -0.467. The molecule has 5 atom stereocenters. The third-order valence-corrected chi connectivity index (χ3v) is 8.41. The topological polar surface area (TPSA) is 43.1 Å². The second-order valence-corrected chi connectivity index (χ2v) is 8.19. The zero-order valence-electron chi connectivity index (χ0n) is 11.6. The molecule has 5 fully saturated rings. The largest absolute Gasteiger partial charge is 0.369 e. The molecule has 5 aliphatic rings. The second kappa shape index (κ2) is 2.47. The Hall–Kier alpha value is -1.31. The quantitative estimate of drug-likeness (QED) is 0.877. The molecule has 0 heterocycles. The maximum absolute atomic E-state index is 12.1. The van der Waals surface area contributed by atoms with Crippen molar-refractivity contribution in [2.75, 3.05) is 0 Å². The number of benzene rings is 1. The van der Waals surface area contributed by atoms with E-state index in [0.717, 1.165) is 24.7 Å². The average Bonchev–Trinajstić information content (AvgIpc) is 3.17. The van der Waals surface area contributed by atoms with Gasteiger partial charge in [-0.2, -0.15) is 0 Å². The number of carbonyl (C=O) groups is 1. The highest BCUT2D eigenvalue weighted by Gasteiger charge is 3.02. The van der Waals surface area contributed by atoms with Crippen molar-refractivity contribution in [1.29, 1.82) is 0 Å². The number of amides is 1. The molecule has 1 aromatic carbocycles. The van der Waals surface area contributed by atoms with Crippen molar-refractivity contribution in [2.24, 2.45) is 33.8 Å². The van der Waals surface area contributed by atoms with Gasteiger partial charge in [-0.25, -0.2) is 0 Å². The van der Waals surface area contributed by atoms with Crippen LogP contribution in [0.25, 0.3) is 0 Å². The molecule has 2 spiro atoms. The van der Waals surface area contributed by atoms with Gasteiger partial charge in [-0.1, -0.05) is 30.3 Å². The molecule has 0 bridgehead atoms. The van der Waals surface area contributed by atoms with E-state index in [1.807, 2.05) is 0 Å². The maximum atomic E-state index is 12.1. The summed E-state index contributed by atoms with van der Waals surface area (Å²) in [5.41, 5.74) is 8.47. The molecular formula is C18H19NO. The molecule has 5 aliphatic carbocycles. The summed E-state index contributed by atoms with van der Waals surface area (Å²) >= 11 is 0. The van der Waals surface area contributed by atoms with Crippen molar-refractivity contribution in [2.45, 2.75) is 37.5 Å². The van der Waals surface area contributed by atoms with Gasteiger partial charge in [-0.15, -0.1) is 0 Å². The number of rotatable bonds is 2. The Morgan fingerprint density at radius 2 is 1.80 bits per heavy atom. The molecule has 0 radical (unpaired) electrons.